The van der Waals surface area contributed by atoms with Crippen molar-refractivity contribution in [3.8, 4) is 5.75 Å². The van der Waals surface area contributed by atoms with Crippen molar-refractivity contribution in [1.82, 2.24) is 9.21 Å². The SMILES string of the molecule is CC(=O)N1C[C@H]2CC[C@@H](C1)N(S(=O)(=O)CCOc1ccccc1)C2. The lowest BCUT2D eigenvalue weighted by Crippen LogP contribution is -2.48. The molecule has 3 aliphatic rings. The van der Waals surface area contributed by atoms with E-state index in [1.807, 2.05) is 30.3 Å². The number of hydrogen-bond acceptors (Lipinski definition) is 4. The normalized spacial score (nSPS) is 24.6. The summed E-state index contributed by atoms with van der Waals surface area (Å²) in [6.07, 6.45) is 1.81. The molecular formula is C17H24N2O4S. The van der Waals surface area contributed by atoms with Gasteiger partial charge in [-0.05, 0) is 30.9 Å². The molecule has 1 amide bonds. The van der Waals surface area contributed by atoms with Gasteiger partial charge in [0.05, 0.1) is 5.75 Å². The Morgan fingerprint density at radius 3 is 2.62 bits per heavy atom. The highest BCUT2D eigenvalue weighted by atomic mass is 32.2. The van der Waals surface area contributed by atoms with E-state index in [1.165, 1.54) is 0 Å². The summed E-state index contributed by atoms with van der Waals surface area (Å²) in [6.45, 7) is 3.37. The van der Waals surface area contributed by atoms with Crippen LogP contribution in [-0.4, -0.2) is 61.6 Å². The Kier molecular flexibility index (Phi) is 5.10. The summed E-state index contributed by atoms with van der Waals surface area (Å²) in [5, 5.41) is 0. The molecule has 0 aliphatic carbocycles. The number of sulfonamides is 1. The minimum atomic E-state index is -3.39. The van der Waals surface area contributed by atoms with Gasteiger partial charge in [0.15, 0.2) is 0 Å². The Hall–Kier alpha value is -1.60. The quantitative estimate of drug-likeness (QED) is 0.802. The molecule has 3 saturated heterocycles. The zero-order valence-corrected chi connectivity index (χ0v) is 14.7. The van der Waals surface area contributed by atoms with Crippen molar-refractivity contribution in [3.05, 3.63) is 30.3 Å². The van der Waals surface area contributed by atoms with Gasteiger partial charge in [-0.3, -0.25) is 4.79 Å². The first-order valence-corrected chi connectivity index (χ1v) is 9.99. The van der Waals surface area contributed by atoms with E-state index < -0.39 is 10.0 Å². The lowest BCUT2D eigenvalue weighted by atomic mass is 9.97. The molecule has 0 aromatic heterocycles. The predicted molar refractivity (Wildman–Crippen MR) is 91.2 cm³/mol. The van der Waals surface area contributed by atoms with E-state index in [0.717, 1.165) is 12.8 Å². The number of amides is 1. The van der Waals surface area contributed by atoms with Crippen LogP contribution in [0.3, 0.4) is 0 Å². The van der Waals surface area contributed by atoms with Crippen LogP contribution in [0, 0.1) is 5.92 Å². The van der Waals surface area contributed by atoms with Crippen molar-refractivity contribution in [1.29, 1.82) is 0 Å². The average Bonchev–Trinajstić information content (AvgIpc) is 2.88. The van der Waals surface area contributed by atoms with Crippen LogP contribution in [0.1, 0.15) is 19.8 Å². The summed E-state index contributed by atoms with van der Waals surface area (Å²) in [6, 6.07) is 9.12. The maximum Gasteiger partial charge on any atom is 0.219 e. The highest BCUT2D eigenvalue weighted by molar-refractivity contribution is 7.89. The molecule has 7 heteroatoms. The standard InChI is InChI=1S/C17H24N2O4S/c1-14(20)18-11-15-7-8-16(13-18)19(12-15)24(21,22)10-9-23-17-5-3-2-4-6-17/h2-6,15-16H,7-13H2,1H3/t15-,16+/m1/s1. The first-order valence-electron chi connectivity index (χ1n) is 8.38. The fourth-order valence-electron chi connectivity index (χ4n) is 3.54. The molecule has 3 aliphatic heterocycles. The molecule has 0 spiro atoms. The van der Waals surface area contributed by atoms with Crippen molar-refractivity contribution in [2.45, 2.75) is 25.8 Å². The van der Waals surface area contributed by atoms with Crippen molar-refractivity contribution < 1.29 is 17.9 Å². The molecule has 0 unspecified atom stereocenters. The van der Waals surface area contributed by atoms with Crippen LogP contribution in [0.15, 0.2) is 30.3 Å². The Bertz CT molecular complexity index is 677. The maximum absolute atomic E-state index is 12.7. The van der Waals surface area contributed by atoms with Crippen molar-refractivity contribution >= 4 is 15.9 Å². The monoisotopic (exact) mass is 352 g/mol. The average molecular weight is 352 g/mol. The third-order valence-electron chi connectivity index (χ3n) is 4.82. The Morgan fingerprint density at radius 1 is 1.17 bits per heavy atom. The lowest BCUT2D eigenvalue weighted by molar-refractivity contribution is -0.129. The largest absolute Gasteiger partial charge is 0.492 e. The molecule has 0 radical (unpaired) electrons. The van der Waals surface area contributed by atoms with Gasteiger partial charge >= 0.3 is 0 Å². The zero-order chi connectivity index (χ0) is 17.2. The van der Waals surface area contributed by atoms with E-state index in [-0.39, 0.29) is 30.2 Å². The van der Waals surface area contributed by atoms with Gasteiger partial charge in [0, 0.05) is 32.6 Å². The van der Waals surface area contributed by atoms with Crippen LogP contribution < -0.4 is 4.74 Å². The van der Waals surface area contributed by atoms with Crippen LogP contribution >= 0.6 is 0 Å². The Balaban J connectivity index is 1.63. The third kappa shape index (κ3) is 3.89. The minimum Gasteiger partial charge on any atom is -0.492 e. The summed E-state index contributed by atoms with van der Waals surface area (Å²) in [5.41, 5.74) is 0. The molecule has 1 aromatic rings. The Morgan fingerprint density at radius 2 is 1.92 bits per heavy atom. The minimum absolute atomic E-state index is 0.0264. The molecule has 6 nitrogen and oxygen atoms in total. The second-order valence-corrected chi connectivity index (χ2v) is 8.61. The maximum atomic E-state index is 12.7. The molecule has 3 heterocycles. The highest BCUT2D eigenvalue weighted by Gasteiger charge is 2.40. The molecule has 4 rings (SSSR count). The highest BCUT2D eigenvalue weighted by Crippen LogP contribution is 2.30. The molecule has 2 bridgehead atoms. The number of hydrogen-bond donors (Lipinski definition) is 0. The summed E-state index contributed by atoms with van der Waals surface area (Å²) in [4.78, 5) is 13.5. The Labute approximate surface area is 143 Å². The summed E-state index contributed by atoms with van der Waals surface area (Å²) < 4.78 is 32.6. The van der Waals surface area contributed by atoms with Crippen molar-refractivity contribution in [2.24, 2.45) is 5.92 Å². The van der Waals surface area contributed by atoms with Gasteiger partial charge in [-0.1, -0.05) is 18.2 Å². The van der Waals surface area contributed by atoms with E-state index in [4.69, 9.17) is 4.74 Å². The molecule has 0 saturated carbocycles. The van der Waals surface area contributed by atoms with Gasteiger partial charge in [0.1, 0.15) is 12.4 Å². The van der Waals surface area contributed by atoms with E-state index in [1.54, 1.807) is 16.1 Å². The topological polar surface area (TPSA) is 66.9 Å². The first kappa shape index (κ1) is 17.2. The first-order chi connectivity index (χ1) is 11.5. The van der Waals surface area contributed by atoms with Crippen molar-refractivity contribution in [2.75, 3.05) is 32.0 Å². The van der Waals surface area contributed by atoms with Crippen LogP contribution in [0.2, 0.25) is 0 Å². The van der Waals surface area contributed by atoms with Crippen molar-refractivity contribution in [3.63, 3.8) is 0 Å². The van der Waals surface area contributed by atoms with Gasteiger partial charge in [-0.2, -0.15) is 4.31 Å². The number of ether oxygens (including phenoxy) is 1. The van der Waals surface area contributed by atoms with Gasteiger partial charge in [-0.25, -0.2) is 8.42 Å². The molecule has 3 fully saturated rings. The molecule has 0 N–H and O–H groups in total. The predicted octanol–water partition coefficient (Wildman–Crippen LogP) is 1.34. The lowest BCUT2D eigenvalue weighted by Gasteiger charge is -2.34. The molecule has 2 atom stereocenters. The van der Waals surface area contributed by atoms with Gasteiger partial charge in [-0.15, -0.1) is 0 Å². The third-order valence-corrected chi connectivity index (χ3v) is 6.66. The second-order valence-electron chi connectivity index (χ2n) is 6.57. The molecule has 132 valence electrons. The van der Waals surface area contributed by atoms with Crippen LogP contribution in [0.5, 0.6) is 5.75 Å². The van der Waals surface area contributed by atoms with E-state index in [2.05, 4.69) is 0 Å². The van der Waals surface area contributed by atoms with E-state index in [9.17, 15) is 13.2 Å². The summed E-state index contributed by atoms with van der Waals surface area (Å²) >= 11 is 0. The van der Waals surface area contributed by atoms with Crippen LogP contribution in [0.25, 0.3) is 0 Å². The fourth-order valence-corrected chi connectivity index (χ4v) is 5.13. The van der Waals surface area contributed by atoms with E-state index >= 15 is 0 Å². The fraction of sp³-hybridized carbons (Fsp3) is 0.588. The number of fused-ring (bicyclic) bond motifs is 4. The number of carbonyl (C=O) groups is 1. The van der Waals surface area contributed by atoms with Gasteiger partial charge in [0.2, 0.25) is 15.9 Å². The molecule has 1 aromatic carbocycles. The van der Waals surface area contributed by atoms with Gasteiger partial charge in [0.25, 0.3) is 0 Å². The smallest absolute Gasteiger partial charge is 0.219 e. The molecular weight excluding hydrogens is 328 g/mol. The van der Waals surface area contributed by atoms with Gasteiger partial charge < -0.3 is 9.64 Å². The number of piperidine rings is 1. The number of carbonyl (C=O) groups excluding carboxylic acids is 1. The summed E-state index contributed by atoms with van der Waals surface area (Å²) in [7, 11) is -3.39. The number of para-hydroxylation sites is 1. The summed E-state index contributed by atoms with van der Waals surface area (Å²) in [5.74, 6) is 0.898. The van der Waals surface area contributed by atoms with Crippen LogP contribution in [0.4, 0.5) is 0 Å². The zero-order valence-electron chi connectivity index (χ0n) is 13.9. The molecule has 24 heavy (non-hydrogen) atoms. The van der Waals surface area contributed by atoms with Crippen LogP contribution in [-0.2, 0) is 14.8 Å². The number of nitrogens with zero attached hydrogens (tertiary/aromatic N) is 2. The number of rotatable bonds is 5. The second kappa shape index (κ2) is 7.11. The van der Waals surface area contributed by atoms with E-state index in [0.29, 0.717) is 25.4 Å². The number of benzene rings is 1.